The zero-order valence-corrected chi connectivity index (χ0v) is 36.3. The second kappa shape index (κ2) is 15.0. The molecule has 4 aliphatic carbocycles. The second-order valence-corrected chi connectivity index (χ2v) is 21.1. The van der Waals surface area contributed by atoms with Crippen LogP contribution in [0.2, 0.25) is 0 Å². The van der Waals surface area contributed by atoms with E-state index in [4.69, 9.17) is 15.0 Å². The molecule has 0 N–H and O–H groups in total. The summed E-state index contributed by atoms with van der Waals surface area (Å²) in [5.41, 5.74) is 9.10. The highest BCUT2D eigenvalue weighted by atomic mass is 127. The summed E-state index contributed by atoms with van der Waals surface area (Å²) in [6.45, 7) is 7.38. The zero-order valence-electron chi connectivity index (χ0n) is 34.1. The standard InChI is InChI=1S/C53H53IN4/c1-33-17-37-18-34(2)27-52(26-33,29-37)47-24-44(41-10-6-7-36(20-41)32-55)23-45(25-47)51-57-49(56-50(58-51)43-12-11-39-8-4-5-9-42(39)22-43)40-13-15-46(16-14-40)53-28-35(3)19-38(30-53)21-48(54)31-53/h4-16,20,22-25,33-35,37-38,48H,17-19,21,26-31H2,1-3H3/t33-,34+,35-,37-,38-,48+,52?,53?/m1/s1. The van der Waals surface area contributed by atoms with E-state index in [0.29, 0.717) is 34.9 Å². The molecule has 0 amide bonds. The first-order valence-electron chi connectivity index (χ1n) is 21.8. The van der Waals surface area contributed by atoms with Gasteiger partial charge in [-0.2, -0.15) is 5.26 Å². The van der Waals surface area contributed by atoms with Crippen molar-refractivity contribution in [3.8, 4) is 51.4 Å². The van der Waals surface area contributed by atoms with Gasteiger partial charge >= 0.3 is 0 Å². The molecule has 0 radical (unpaired) electrons. The molecule has 2 unspecified atom stereocenters. The third-order valence-electron chi connectivity index (χ3n) is 14.5. The van der Waals surface area contributed by atoms with E-state index < -0.39 is 0 Å². The molecular formula is C53H53IN4. The van der Waals surface area contributed by atoms with Crippen LogP contribution >= 0.6 is 22.6 Å². The minimum Gasteiger partial charge on any atom is -0.208 e. The van der Waals surface area contributed by atoms with Gasteiger partial charge in [-0.05, 0) is 168 Å². The molecule has 8 atom stereocenters. The average molecular weight is 873 g/mol. The molecule has 0 aliphatic heterocycles. The van der Waals surface area contributed by atoms with Crippen LogP contribution in [-0.2, 0) is 10.8 Å². The molecule has 5 aromatic carbocycles. The molecule has 4 nitrogen and oxygen atoms in total. The molecule has 6 aromatic rings. The summed E-state index contributed by atoms with van der Waals surface area (Å²) in [7, 11) is 0. The van der Waals surface area contributed by atoms with Crippen molar-refractivity contribution in [2.45, 2.75) is 99.7 Å². The minimum absolute atomic E-state index is 0.107. The Morgan fingerprint density at radius 1 is 0.500 bits per heavy atom. The second-order valence-electron chi connectivity index (χ2n) is 19.3. The lowest BCUT2D eigenvalue weighted by Crippen LogP contribution is -2.43. The number of aromatic nitrogens is 3. The van der Waals surface area contributed by atoms with Gasteiger partial charge in [-0.15, -0.1) is 0 Å². The summed E-state index contributed by atoms with van der Waals surface area (Å²) in [4.78, 5) is 16.0. The Hall–Kier alpha value is -4.41. The number of rotatable bonds is 6. The maximum atomic E-state index is 9.90. The molecule has 1 heterocycles. The van der Waals surface area contributed by atoms with E-state index in [9.17, 15) is 5.26 Å². The lowest BCUT2D eigenvalue weighted by Gasteiger charge is -2.50. The first-order valence-corrected chi connectivity index (χ1v) is 23.0. The van der Waals surface area contributed by atoms with E-state index in [-0.39, 0.29) is 10.8 Å². The van der Waals surface area contributed by atoms with Crippen LogP contribution in [0.15, 0.2) is 109 Å². The minimum atomic E-state index is 0.107. The normalized spacial score (nSPS) is 29.2. The average Bonchev–Trinajstić information content (AvgIpc) is 3.22. The van der Waals surface area contributed by atoms with Gasteiger partial charge in [-0.1, -0.05) is 122 Å². The van der Waals surface area contributed by atoms with Crippen LogP contribution in [0.1, 0.15) is 102 Å². The van der Waals surface area contributed by atoms with Crippen LogP contribution in [0.5, 0.6) is 0 Å². The van der Waals surface area contributed by atoms with Gasteiger partial charge in [0.15, 0.2) is 17.5 Å². The van der Waals surface area contributed by atoms with Gasteiger partial charge in [0, 0.05) is 20.6 Å². The monoisotopic (exact) mass is 872 g/mol. The van der Waals surface area contributed by atoms with Gasteiger partial charge in [0.25, 0.3) is 0 Å². The summed E-state index contributed by atoms with van der Waals surface area (Å²) in [5, 5.41) is 12.3. The number of nitrogens with zero attached hydrogens (tertiary/aromatic N) is 4. The third-order valence-corrected chi connectivity index (χ3v) is 15.5. The highest BCUT2D eigenvalue weighted by molar-refractivity contribution is 14.1. The van der Waals surface area contributed by atoms with Crippen molar-refractivity contribution in [1.29, 1.82) is 5.26 Å². The predicted molar refractivity (Wildman–Crippen MR) is 246 cm³/mol. The number of alkyl halides is 1. The smallest absolute Gasteiger partial charge is 0.164 e. The van der Waals surface area contributed by atoms with E-state index in [1.54, 1.807) is 0 Å². The summed E-state index contributed by atoms with van der Waals surface area (Å²) >= 11 is 2.72. The van der Waals surface area contributed by atoms with Gasteiger partial charge in [-0.3, -0.25) is 0 Å². The Bertz CT molecular complexity index is 2510. The molecule has 10 rings (SSSR count). The number of benzene rings is 5. The van der Waals surface area contributed by atoms with E-state index in [1.165, 1.54) is 86.1 Å². The maximum Gasteiger partial charge on any atom is 0.164 e. The largest absolute Gasteiger partial charge is 0.208 e. The third kappa shape index (κ3) is 7.18. The SMILES string of the molecule is C[C@@H]1C[C@@H]2C[C@H](C)CC(c3cc(-c4cccc(C#N)c4)cc(-c4nc(-c5ccc(C67C[C@H](C)C[C@H](C[C@H](I)C6)C7)cc5)nc(-c5ccc6ccccc6c5)n4)c3)(C1)C2. The zero-order chi connectivity index (χ0) is 39.6. The fourth-order valence-electron chi connectivity index (χ4n) is 12.7. The number of hydrogen-bond donors (Lipinski definition) is 0. The van der Waals surface area contributed by atoms with Gasteiger partial charge < -0.3 is 0 Å². The number of fused-ring (bicyclic) bond motifs is 5. The summed E-state index contributed by atoms with van der Waals surface area (Å²) in [6, 6.07) is 41.9. The Balaban J connectivity index is 1.14. The van der Waals surface area contributed by atoms with Gasteiger partial charge in [0.2, 0.25) is 0 Å². The summed E-state index contributed by atoms with van der Waals surface area (Å²) < 4.78 is 0.737. The van der Waals surface area contributed by atoms with E-state index in [1.807, 2.05) is 18.2 Å². The van der Waals surface area contributed by atoms with Crippen molar-refractivity contribution in [2.75, 3.05) is 0 Å². The summed E-state index contributed by atoms with van der Waals surface area (Å²) in [6.07, 6.45) is 12.9. The van der Waals surface area contributed by atoms with Crippen molar-refractivity contribution in [3.63, 3.8) is 0 Å². The Morgan fingerprint density at radius 2 is 1.09 bits per heavy atom. The molecule has 0 spiro atoms. The lowest BCUT2D eigenvalue weighted by molar-refractivity contribution is 0.0781. The molecule has 4 aliphatic rings. The molecule has 5 heteroatoms. The van der Waals surface area contributed by atoms with E-state index in [0.717, 1.165) is 49.5 Å². The molecule has 1 aromatic heterocycles. The molecule has 58 heavy (non-hydrogen) atoms. The maximum absolute atomic E-state index is 9.90. The molecule has 4 fully saturated rings. The quantitative estimate of drug-likeness (QED) is 0.124. The first kappa shape index (κ1) is 37.8. The topological polar surface area (TPSA) is 62.5 Å². The fourth-order valence-corrected chi connectivity index (χ4v) is 14.3. The van der Waals surface area contributed by atoms with Crippen LogP contribution in [0.3, 0.4) is 0 Å². The molecule has 292 valence electrons. The van der Waals surface area contributed by atoms with Crippen molar-refractivity contribution >= 4 is 33.4 Å². The van der Waals surface area contributed by atoms with Crippen molar-refractivity contribution in [3.05, 3.63) is 126 Å². The van der Waals surface area contributed by atoms with Crippen molar-refractivity contribution in [2.24, 2.45) is 29.6 Å². The van der Waals surface area contributed by atoms with Crippen molar-refractivity contribution < 1.29 is 0 Å². The highest BCUT2D eigenvalue weighted by Gasteiger charge is 2.47. The predicted octanol–water partition coefficient (Wildman–Crippen LogP) is 13.9. The van der Waals surface area contributed by atoms with Crippen LogP contribution in [0.4, 0.5) is 0 Å². The molecule has 4 saturated carbocycles. The van der Waals surface area contributed by atoms with Crippen molar-refractivity contribution in [1.82, 2.24) is 15.0 Å². The van der Waals surface area contributed by atoms with Gasteiger partial charge in [-0.25, -0.2) is 15.0 Å². The molecule has 0 saturated heterocycles. The fraction of sp³-hybridized carbons (Fsp3) is 0.396. The molecular weight excluding hydrogens is 820 g/mol. The Kier molecular flexibility index (Phi) is 9.79. The number of halogens is 1. The Labute approximate surface area is 358 Å². The lowest BCUT2D eigenvalue weighted by atomic mass is 9.54. The highest BCUT2D eigenvalue weighted by Crippen LogP contribution is 2.56. The van der Waals surface area contributed by atoms with E-state index >= 15 is 0 Å². The first-order chi connectivity index (χ1) is 28.1. The van der Waals surface area contributed by atoms with Crippen LogP contribution in [0, 0.1) is 40.9 Å². The summed E-state index contributed by atoms with van der Waals surface area (Å²) in [5.74, 6) is 5.81. The Morgan fingerprint density at radius 3 is 1.78 bits per heavy atom. The molecule has 4 bridgehead atoms. The van der Waals surface area contributed by atoms with Crippen LogP contribution < -0.4 is 0 Å². The number of nitriles is 1. The number of hydrogen-bond acceptors (Lipinski definition) is 4. The van der Waals surface area contributed by atoms with Gasteiger partial charge in [0.1, 0.15) is 0 Å². The van der Waals surface area contributed by atoms with Crippen LogP contribution in [0.25, 0.3) is 56.1 Å². The van der Waals surface area contributed by atoms with E-state index in [2.05, 4.69) is 140 Å². The van der Waals surface area contributed by atoms with Gasteiger partial charge in [0.05, 0.1) is 11.6 Å². The van der Waals surface area contributed by atoms with Crippen LogP contribution in [-0.4, -0.2) is 18.9 Å².